The monoisotopic (exact) mass is 296 g/mol. The number of hydrogen-bond donors (Lipinski definition) is 2. The van der Waals surface area contributed by atoms with Crippen molar-refractivity contribution < 1.29 is 17.9 Å². The molecule has 0 heterocycles. The van der Waals surface area contributed by atoms with Crippen LogP contribution in [0.4, 0.5) is 13.2 Å². The van der Waals surface area contributed by atoms with Crippen molar-refractivity contribution in [2.45, 2.75) is 12.5 Å². The molecule has 0 saturated carbocycles. The summed E-state index contributed by atoms with van der Waals surface area (Å²) >= 11 is 0. The molecular formula is C15H15F3N2O. The zero-order chi connectivity index (χ0) is 15.4. The Bertz CT molecular complexity index is 614. The van der Waals surface area contributed by atoms with E-state index in [-0.39, 0.29) is 17.7 Å². The molecule has 0 bridgehead atoms. The summed E-state index contributed by atoms with van der Waals surface area (Å²) in [6, 6.07) is 7.09. The number of methoxy groups -OCH3 is 1. The summed E-state index contributed by atoms with van der Waals surface area (Å²) in [5.74, 6) is 3.54. The zero-order valence-electron chi connectivity index (χ0n) is 11.4. The zero-order valence-corrected chi connectivity index (χ0v) is 11.4. The van der Waals surface area contributed by atoms with E-state index >= 15 is 0 Å². The van der Waals surface area contributed by atoms with Gasteiger partial charge in [-0.15, -0.1) is 0 Å². The van der Waals surface area contributed by atoms with E-state index in [0.29, 0.717) is 5.56 Å². The number of hydrazine groups is 1. The fourth-order valence-corrected chi connectivity index (χ4v) is 2.16. The van der Waals surface area contributed by atoms with Gasteiger partial charge in [0.1, 0.15) is 11.6 Å². The number of nitrogens with one attached hydrogen (secondary N) is 1. The highest BCUT2D eigenvalue weighted by Gasteiger charge is 2.20. The van der Waals surface area contributed by atoms with E-state index in [1.807, 2.05) is 0 Å². The number of rotatable bonds is 5. The maximum atomic E-state index is 13.8. The fourth-order valence-electron chi connectivity index (χ4n) is 2.16. The van der Waals surface area contributed by atoms with Gasteiger partial charge in [0, 0.05) is 5.56 Å². The molecule has 0 saturated heterocycles. The number of benzene rings is 2. The van der Waals surface area contributed by atoms with Gasteiger partial charge in [0.25, 0.3) is 0 Å². The molecule has 0 spiro atoms. The molecule has 2 aromatic carbocycles. The molecule has 1 atom stereocenters. The van der Waals surface area contributed by atoms with Crippen molar-refractivity contribution in [2.24, 2.45) is 5.84 Å². The number of hydrogen-bond acceptors (Lipinski definition) is 3. The second kappa shape index (κ2) is 6.60. The van der Waals surface area contributed by atoms with E-state index in [4.69, 9.17) is 10.6 Å². The fraction of sp³-hybridized carbons (Fsp3) is 0.200. The van der Waals surface area contributed by atoms with Crippen LogP contribution in [0.5, 0.6) is 5.75 Å². The molecule has 0 fully saturated rings. The maximum Gasteiger partial charge on any atom is 0.165 e. The Hall–Kier alpha value is -2.05. The van der Waals surface area contributed by atoms with E-state index in [0.717, 1.165) is 12.1 Å². The Morgan fingerprint density at radius 3 is 2.29 bits per heavy atom. The van der Waals surface area contributed by atoms with Crippen LogP contribution in [-0.2, 0) is 6.42 Å². The van der Waals surface area contributed by atoms with Gasteiger partial charge in [0.15, 0.2) is 11.6 Å². The van der Waals surface area contributed by atoms with Crippen LogP contribution in [-0.4, -0.2) is 7.11 Å². The Morgan fingerprint density at radius 1 is 1.10 bits per heavy atom. The molecule has 21 heavy (non-hydrogen) atoms. The number of halogens is 3. The minimum atomic E-state index is -0.806. The van der Waals surface area contributed by atoms with E-state index in [1.165, 1.54) is 25.3 Å². The Balaban J connectivity index is 2.29. The van der Waals surface area contributed by atoms with Crippen LogP contribution in [0, 0.1) is 17.5 Å². The highest BCUT2D eigenvalue weighted by atomic mass is 19.1. The molecule has 0 aliphatic carbocycles. The number of nitrogens with two attached hydrogens (primary N) is 1. The van der Waals surface area contributed by atoms with Crippen molar-refractivity contribution in [1.29, 1.82) is 0 Å². The summed E-state index contributed by atoms with van der Waals surface area (Å²) in [5.41, 5.74) is 2.73. The van der Waals surface area contributed by atoms with Crippen molar-refractivity contribution in [2.75, 3.05) is 7.11 Å². The second-order valence-electron chi connectivity index (χ2n) is 4.53. The summed E-state index contributed by atoms with van der Waals surface area (Å²) in [4.78, 5) is 0. The van der Waals surface area contributed by atoms with Gasteiger partial charge >= 0.3 is 0 Å². The SMILES string of the molecule is COc1ccc(CC(NN)c2c(F)cccc2F)cc1F. The predicted molar refractivity (Wildman–Crippen MR) is 73.1 cm³/mol. The normalized spacial score (nSPS) is 12.2. The van der Waals surface area contributed by atoms with Crippen LogP contribution in [0.15, 0.2) is 36.4 Å². The van der Waals surface area contributed by atoms with Crippen LogP contribution >= 0.6 is 0 Å². The molecule has 0 radical (unpaired) electrons. The summed E-state index contributed by atoms with van der Waals surface area (Å²) in [7, 11) is 1.36. The van der Waals surface area contributed by atoms with Crippen LogP contribution in [0.2, 0.25) is 0 Å². The Kier molecular flexibility index (Phi) is 4.82. The topological polar surface area (TPSA) is 47.3 Å². The minimum Gasteiger partial charge on any atom is -0.494 e. The lowest BCUT2D eigenvalue weighted by Crippen LogP contribution is -2.31. The molecule has 6 heteroatoms. The smallest absolute Gasteiger partial charge is 0.165 e. The quantitative estimate of drug-likeness (QED) is 0.659. The highest BCUT2D eigenvalue weighted by molar-refractivity contribution is 5.31. The summed E-state index contributed by atoms with van der Waals surface area (Å²) in [5, 5.41) is 0. The molecule has 0 aromatic heterocycles. The summed E-state index contributed by atoms with van der Waals surface area (Å²) in [6.45, 7) is 0. The van der Waals surface area contributed by atoms with Crippen LogP contribution < -0.4 is 16.0 Å². The van der Waals surface area contributed by atoms with Crippen molar-refractivity contribution in [3.8, 4) is 5.75 Å². The first-order chi connectivity index (χ1) is 10.1. The summed E-state index contributed by atoms with van der Waals surface area (Å²) in [6.07, 6.45) is 0.134. The van der Waals surface area contributed by atoms with Gasteiger partial charge in [0.05, 0.1) is 13.2 Å². The van der Waals surface area contributed by atoms with Crippen LogP contribution in [0.25, 0.3) is 0 Å². The molecule has 3 N–H and O–H groups in total. The van der Waals surface area contributed by atoms with Gasteiger partial charge in [-0.2, -0.15) is 0 Å². The van der Waals surface area contributed by atoms with Gasteiger partial charge in [-0.3, -0.25) is 11.3 Å². The third-order valence-corrected chi connectivity index (χ3v) is 3.21. The van der Waals surface area contributed by atoms with E-state index in [2.05, 4.69) is 5.43 Å². The lowest BCUT2D eigenvalue weighted by atomic mass is 9.98. The lowest BCUT2D eigenvalue weighted by Gasteiger charge is -2.18. The van der Waals surface area contributed by atoms with Gasteiger partial charge in [0.2, 0.25) is 0 Å². The first kappa shape index (κ1) is 15.3. The molecule has 0 aliphatic rings. The molecule has 0 aliphatic heterocycles. The number of ether oxygens (including phenoxy) is 1. The molecule has 1 unspecified atom stereocenters. The van der Waals surface area contributed by atoms with Crippen molar-refractivity contribution in [3.05, 3.63) is 65.0 Å². The molecule has 112 valence electrons. The third kappa shape index (κ3) is 3.34. The average molecular weight is 296 g/mol. The minimum absolute atomic E-state index is 0.105. The van der Waals surface area contributed by atoms with Crippen molar-refractivity contribution in [3.63, 3.8) is 0 Å². The van der Waals surface area contributed by atoms with Crippen molar-refractivity contribution in [1.82, 2.24) is 5.43 Å². The van der Waals surface area contributed by atoms with E-state index in [1.54, 1.807) is 6.07 Å². The molecular weight excluding hydrogens is 281 g/mol. The van der Waals surface area contributed by atoms with Gasteiger partial charge < -0.3 is 4.74 Å². The lowest BCUT2D eigenvalue weighted by molar-refractivity contribution is 0.385. The Morgan fingerprint density at radius 2 is 1.76 bits per heavy atom. The van der Waals surface area contributed by atoms with Crippen molar-refractivity contribution >= 4 is 0 Å². The van der Waals surface area contributed by atoms with Gasteiger partial charge in [-0.1, -0.05) is 12.1 Å². The van der Waals surface area contributed by atoms with Crippen LogP contribution in [0.3, 0.4) is 0 Å². The molecule has 2 aromatic rings. The first-order valence-electron chi connectivity index (χ1n) is 6.29. The first-order valence-corrected chi connectivity index (χ1v) is 6.29. The van der Waals surface area contributed by atoms with Gasteiger partial charge in [-0.25, -0.2) is 13.2 Å². The Labute approximate surface area is 120 Å². The van der Waals surface area contributed by atoms with E-state index < -0.39 is 23.5 Å². The predicted octanol–water partition coefficient (Wildman–Crippen LogP) is 2.86. The van der Waals surface area contributed by atoms with Crippen LogP contribution in [0.1, 0.15) is 17.2 Å². The molecule has 0 amide bonds. The van der Waals surface area contributed by atoms with E-state index in [9.17, 15) is 13.2 Å². The molecule has 2 rings (SSSR count). The largest absolute Gasteiger partial charge is 0.494 e. The second-order valence-corrected chi connectivity index (χ2v) is 4.53. The maximum absolute atomic E-state index is 13.8. The standard InChI is InChI=1S/C15H15F3N2O/c1-21-14-6-5-9(7-12(14)18)8-13(20-19)15-10(16)3-2-4-11(15)17/h2-7,13,20H,8,19H2,1H3. The molecule has 3 nitrogen and oxygen atoms in total. The third-order valence-electron chi connectivity index (χ3n) is 3.21. The average Bonchev–Trinajstić information content (AvgIpc) is 2.46. The highest BCUT2D eigenvalue weighted by Crippen LogP contribution is 2.25. The van der Waals surface area contributed by atoms with Gasteiger partial charge in [-0.05, 0) is 36.2 Å². The summed E-state index contributed by atoms with van der Waals surface area (Å²) < 4.78 is 46.0.